The number of nitrogens with zero attached hydrogens (tertiary/aromatic N) is 2. The molecular weight excluding hydrogens is 334 g/mol. The zero-order valence-electron chi connectivity index (χ0n) is 16.4. The Balaban J connectivity index is 2.08. The third-order valence-electron chi connectivity index (χ3n) is 4.53. The van der Waals surface area contributed by atoms with Gasteiger partial charge in [-0.3, -0.25) is 4.99 Å². The van der Waals surface area contributed by atoms with Crippen molar-refractivity contribution in [2.75, 3.05) is 24.4 Å². The lowest BCUT2D eigenvalue weighted by atomic mass is 9.84. The normalized spacial score (nSPS) is 14.1. The number of nitrogens with two attached hydrogens (primary N) is 1. The Labute approximate surface area is 161 Å². The fourth-order valence-corrected chi connectivity index (χ4v) is 3.06. The number of benzene rings is 2. The van der Waals surface area contributed by atoms with Gasteiger partial charge in [-0.2, -0.15) is 0 Å². The summed E-state index contributed by atoms with van der Waals surface area (Å²) in [4.78, 5) is 6.49. The van der Waals surface area contributed by atoms with Gasteiger partial charge in [0.2, 0.25) is 0 Å². The highest BCUT2D eigenvalue weighted by Crippen LogP contribution is 2.39. The zero-order valence-corrected chi connectivity index (χ0v) is 16.4. The highest BCUT2D eigenvalue weighted by Gasteiger charge is 2.23. The summed E-state index contributed by atoms with van der Waals surface area (Å²) in [5.41, 5.74) is 10.9. The molecule has 0 radical (unpaired) electrons. The lowest BCUT2D eigenvalue weighted by Gasteiger charge is -2.28. The average Bonchev–Trinajstić information content (AvgIpc) is 2.66. The van der Waals surface area contributed by atoms with E-state index in [0.717, 1.165) is 28.3 Å². The Bertz CT molecular complexity index is 887. The molecule has 1 aliphatic heterocycles. The molecule has 0 amide bonds. The SMILES string of the molecule is COc1c(/C=C/c2ccc(N)cc2)cc(N2C=CC=NC2)cc1C(C)(C)C. The molecule has 0 atom stereocenters. The smallest absolute Gasteiger partial charge is 0.129 e. The molecule has 1 heterocycles. The summed E-state index contributed by atoms with van der Waals surface area (Å²) < 4.78 is 5.82. The summed E-state index contributed by atoms with van der Waals surface area (Å²) in [5.74, 6) is 0.905. The number of anilines is 2. The summed E-state index contributed by atoms with van der Waals surface area (Å²) in [7, 11) is 1.73. The Hall–Kier alpha value is -3.01. The van der Waals surface area contributed by atoms with Crippen molar-refractivity contribution in [3.8, 4) is 5.75 Å². The lowest BCUT2D eigenvalue weighted by Crippen LogP contribution is -2.20. The van der Waals surface area contributed by atoms with Crippen LogP contribution in [0.1, 0.15) is 37.5 Å². The fourth-order valence-electron chi connectivity index (χ4n) is 3.06. The van der Waals surface area contributed by atoms with Gasteiger partial charge < -0.3 is 15.4 Å². The molecule has 3 rings (SSSR count). The topological polar surface area (TPSA) is 50.9 Å². The summed E-state index contributed by atoms with van der Waals surface area (Å²) in [5, 5.41) is 0. The highest BCUT2D eigenvalue weighted by atomic mass is 16.5. The quantitative estimate of drug-likeness (QED) is 0.608. The molecule has 0 unspecified atom stereocenters. The van der Waals surface area contributed by atoms with E-state index in [1.165, 1.54) is 5.56 Å². The molecule has 4 heteroatoms. The average molecular weight is 361 g/mol. The molecule has 140 valence electrons. The van der Waals surface area contributed by atoms with Crippen molar-refractivity contribution < 1.29 is 4.74 Å². The van der Waals surface area contributed by atoms with Crippen molar-refractivity contribution >= 4 is 29.7 Å². The minimum absolute atomic E-state index is 0.0477. The summed E-state index contributed by atoms with van der Waals surface area (Å²) in [6.45, 7) is 7.22. The van der Waals surface area contributed by atoms with Crippen LogP contribution in [-0.2, 0) is 5.41 Å². The predicted molar refractivity (Wildman–Crippen MR) is 116 cm³/mol. The number of allylic oxidation sites excluding steroid dienone is 1. The third kappa shape index (κ3) is 4.40. The first kappa shape index (κ1) is 18.8. The van der Waals surface area contributed by atoms with Crippen LogP contribution in [0, 0.1) is 0 Å². The molecule has 4 nitrogen and oxygen atoms in total. The van der Waals surface area contributed by atoms with Crippen molar-refractivity contribution in [3.05, 3.63) is 65.4 Å². The molecule has 0 saturated heterocycles. The first-order chi connectivity index (χ1) is 12.9. The molecule has 27 heavy (non-hydrogen) atoms. The van der Waals surface area contributed by atoms with E-state index in [1.807, 2.05) is 36.6 Å². The second kappa shape index (κ2) is 7.70. The van der Waals surface area contributed by atoms with Crippen LogP contribution in [0.4, 0.5) is 11.4 Å². The Kier molecular flexibility index (Phi) is 5.36. The zero-order chi connectivity index (χ0) is 19.4. The molecule has 0 saturated carbocycles. The van der Waals surface area contributed by atoms with Crippen molar-refractivity contribution in [3.63, 3.8) is 0 Å². The van der Waals surface area contributed by atoms with Crippen LogP contribution in [0.15, 0.2) is 53.7 Å². The molecule has 2 aromatic carbocycles. The number of nitrogen functional groups attached to an aromatic ring is 1. The minimum atomic E-state index is -0.0477. The molecule has 2 N–H and O–H groups in total. The third-order valence-corrected chi connectivity index (χ3v) is 4.53. The van der Waals surface area contributed by atoms with Gasteiger partial charge in [-0.25, -0.2) is 0 Å². The second-order valence-corrected chi connectivity index (χ2v) is 7.65. The first-order valence-electron chi connectivity index (χ1n) is 9.08. The standard InChI is InChI=1S/C23H27N3O/c1-23(2,3)21-15-20(26-13-5-12-25-16-26)14-18(22(21)27-4)9-6-17-7-10-19(24)11-8-17/h5-15H,16,24H2,1-4H3/b9-6+. The van der Waals surface area contributed by atoms with Crippen molar-refractivity contribution in [1.29, 1.82) is 0 Å². The Morgan fingerprint density at radius 1 is 1.11 bits per heavy atom. The van der Waals surface area contributed by atoms with E-state index in [1.54, 1.807) is 7.11 Å². The van der Waals surface area contributed by atoms with E-state index in [4.69, 9.17) is 10.5 Å². The molecule has 0 aliphatic carbocycles. The van der Waals surface area contributed by atoms with E-state index in [9.17, 15) is 0 Å². The van der Waals surface area contributed by atoms with Crippen LogP contribution >= 0.6 is 0 Å². The predicted octanol–water partition coefficient (Wildman–Crippen LogP) is 5.11. The number of hydrogen-bond donors (Lipinski definition) is 1. The number of methoxy groups -OCH3 is 1. The van der Waals surface area contributed by atoms with Crippen molar-refractivity contribution in [2.24, 2.45) is 4.99 Å². The molecular formula is C23H27N3O. The maximum atomic E-state index is 5.82. The van der Waals surface area contributed by atoms with Gasteiger partial charge in [0.25, 0.3) is 0 Å². The van der Waals surface area contributed by atoms with Gasteiger partial charge in [-0.05, 0) is 41.3 Å². The van der Waals surface area contributed by atoms with Crippen LogP contribution in [-0.4, -0.2) is 20.0 Å². The van der Waals surface area contributed by atoms with Gasteiger partial charge in [0.05, 0.1) is 7.11 Å². The van der Waals surface area contributed by atoms with Crippen LogP contribution in [0.25, 0.3) is 12.2 Å². The first-order valence-corrected chi connectivity index (χ1v) is 9.08. The number of rotatable bonds is 4. The van der Waals surface area contributed by atoms with Gasteiger partial charge >= 0.3 is 0 Å². The Morgan fingerprint density at radius 2 is 1.85 bits per heavy atom. The van der Waals surface area contributed by atoms with Crippen LogP contribution in [0.5, 0.6) is 5.75 Å². The molecule has 0 aromatic heterocycles. The molecule has 0 fully saturated rings. The molecule has 1 aliphatic rings. The fraction of sp³-hybridized carbons (Fsp3) is 0.261. The van der Waals surface area contributed by atoms with Crippen LogP contribution in [0.2, 0.25) is 0 Å². The maximum absolute atomic E-state index is 5.82. The summed E-state index contributed by atoms with van der Waals surface area (Å²) in [6, 6.07) is 12.2. The van der Waals surface area contributed by atoms with E-state index in [2.05, 4.69) is 61.1 Å². The monoisotopic (exact) mass is 361 g/mol. The molecule has 0 bridgehead atoms. The number of ether oxygens (including phenoxy) is 1. The molecule has 0 spiro atoms. The van der Waals surface area contributed by atoms with E-state index in [-0.39, 0.29) is 5.41 Å². The lowest BCUT2D eigenvalue weighted by molar-refractivity contribution is 0.396. The van der Waals surface area contributed by atoms with E-state index < -0.39 is 0 Å². The second-order valence-electron chi connectivity index (χ2n) is 7.65. The summed E-state index contributed by atoms with van der Waals surface area (Å²) in [6.07, 6.45) is 10.0. The van der Waals surface area contributed by atoms with Crippen molar-refractivity contribution in [1.82, 2.24) is 0 Å². The van der Waals surface area contributed by atoms with Crippen LogP contribution in [0.3, 0.4) is 0 Å². The minimum Gasteiger partial charge on any atom is -0.496 e. The van der Waals surface area contributed by atoms with Gasteiger partial charge in [-0.1, -0.05) is 45.1 Å². The van der Waals surface area contributed by atoms with E-state index >= 15 is 0 Å². The van der Waals surface area contributed by atoms with Gasteiger partial charge in [0, 0.05) is 34.9 Å². The largest absolute Gasteiger partial charge is 0.496 e. The van der Waals surface area contributed by atoms with Crippen molar-refractivity contribution in [2.45, 2.75) is 26.2 Å². The van der Waals surface area contributed by atoms with Gasteiger partial charge in [-0.15, -0.1) is 0 Å². The Morgan fingerprint density at radius 3 is 2.44 bits per heavy atom. The van der Waals surface area contributed by atoms with Gasteiger partial charge in [0.1, 0.15) is 12.4 Å². The maximum Gasteiger partial charge on any atom is 0.129 e. The van der Waals surface area contributed by atoms with Crippen LogP contribution < -0.4 is 15.4 Å². The van der Waals surface area contributed by atoms with Gasteiger partial charge in [0.15, 0.2) is 0 Å². The number of aliphatic imine (C=N–C) groups is 1. The van der Waals surface area contributed by atoms with E-state index in [0.29, 0.717) is 6.67 Å². The highest BCUT2D eigenvalue weighted by molar-refractivity contribution is 5.78. The number of hydrogen-bond acceptors (Lipinski definition) is 4. The summed E-state index contributed by atoms with van der Waals surface area (Å²) >= 11 is 0. The molecule has 2 aromatic rings.